The predicted octanol–water partition coefficient (Wildman–Crippen LogP) is 5.70. The van der Waals surface area contributed by atoms with Gasteiger partial charge in [0.1, 0.15) is 5.37 Å². The molecule has 0 saturated carbocycles. The van der Waals surface area contributed by atoms with Crippen molar-refractivity contribution in [2.24, 2.45) is 5.92 Å². The zero-order valence-corrected chi connectivity index (χ0v) is 24.1. The maximum Gasteiger partial charge on any atom is 0.322 e. The first kappa shape index (κ1) is 27.6. The number of anilines is 1. The molecule has 0 spiro atoms. The standard InChI is InChI=1S/C31H40N4O3S.H2/c1-21(2)12-18-35-29(37)27(39-30(35)25-10-6-4-8-22(25)3)20-28(36)33-16-14-24(15-17-33)34-19-13-23-9-5-7-11-26(23)32-31(34)38;/h4-11,21,24,27,30H,12-20H2,1-3H3,(H,32,38);1H. The number of piperidine rings is 1. The monoisotopic (exact) mass is 550 g/mol. The fourth-order valence-corrected chi connectivity index (χ4v) is 7.47. The third kappa shape index (κ3) is 6.11. The van der Waals surface area contributed by atoms with E-state index in [9.17, 15) is 14.4 Å². The topological polar surface area (TPSA) is 73.0 Å². The summed E-state index contributed by atoms with van der Waals surface area (Å²) < 4.78 is 0. The molecule has 2 atom stereocenters. The van der Waals surface area contributed by atoms with Gasteiger partial charge in [0.15, 0.2) is 0 Å². The van der Waals surface area contributed by atoms with Crippen molar-refractivity contribution in [1.82, 2.24) is 14.7 Å². The smallest absolute Gasteiger partial charge is 0.322 e. The number of rotatable bonds is 7. The number of thioether (sulfide) groups is 1. The third-order valence-electron chi connectivity index (χ3n) is 8.30. The van der Waals surface area contributed by atoms with Crippen LogP contribution in [-0.2, 0) is 16.0 Å². The highest BCUT2D eigenvalue weighted by Gasteiger charge is 2.43. The van der Waals surface area contributed by atoms with Crippen LogP contribution in [0.2, 0.25) is 0 Å². The molecule has 3 aliphatic rings. The lowest BCUT2D eigenvalue weighted by Gasteiger charge is -2.38. The van der Waals surface area contributed by atoms with Gasteiger partial charge in [-0.25, -0.2) is 4.79 Å². The summed E-state index contributed by atoms with van der Waals surface area (Å²) >= 11 is 1.63. The number of hydrogen-bond acceptors (Lipinski definition) is 4. The van der Waals surface area contributed by atoms with Gasteiger partial charge in [-0.05, 0) is 61.3 Å². The molecule has 2 aromatic rings. The van der Waals surface area contributed by atoms with Gasteiger partial charge in [-0.1, -0.05) is 56.3 Å². The summed E-state index contributed by atoms with van der Waals surface area (Å²) in [6, 6.07) is 16.3. The maximum absolute atomic E-state index is 13.5. The summed E-state index contributed by atoms with van der Waals surface area (Å²) in [4.78, 5) is 45.7. The second-order valence-electron chi connectivity index (χ2n) is 11.4. The Labute approximate surface area is 237 Å². The zero-order chi connectivity index (χ0) is 27.5. The molecule has 210 valence electrons. The summed E-state index contributed by atoms with van der Waals surface area (Å²) in [6.45, 7) is 9.06. The van der Waals surface area contributed by atoms with Crippen molar-refractivity contribution in [3.8, 4) is 0 Å². The molecule has 8 heteroatoms. The quantitative estimate of drug-likeness (QED) is 0.480. The van der Waals surface area contributed by atoms with Gasteiger partial charge in [-0.15, -0.1) is 11.8 Å². The average molecular weight is 551 g/mol. The van der Waals surface area contributed by atoms with Crippen molar-refractivity contribution in [2.45, 2.75) is 69.5 Å². The van der Waals surface area contributed by atoms with Crippen LogP contribution in [0.5, 0.6) is 0 Å². The second-order valence-corrected chi connectivity index (χ2v) is 12.7. The number of carbonyl (C=O) groups is 3. The van der Waals surface area contributed by atoms with Gasteiger partial charge in [0.05, 0.1) is 5.25 Å². The molecule has 2 aromatic carbocycles. The molecule has 5 rings (SSSR count). The predicted molar refractivity (Wildman–Crippen MR) is 159 cm³/mol. The molecule has 1 N–H and O–H groups in total. The Morgan fingerprint density at radius 3 is 2.51 bits per heavy atom. The second kappa shape index (κ2) is 12.0. The molecule has 2 fully saturated rings. The van der Waals surface area contributed by atoms with Gasteiger partial charge in [0, 0.05) is 45.8 Å². The van der Waals surface area contributed by atoms with Crippen LogP contribution < -0.4 is 5.32 Å². The first-order valence-corrected chi connectivity index (χ1v) is 15.2. The van der Waals surface area contributed by atoms with Crippen LogP contribution in [0.1, 0.15) is 63.0 Å². The number of benzene rings is 2. The lowest BCUT2D eigenvalue weighted by Crippen LogP contribution is -2.50. The van der Waals surface area contributed by atoms with Gasteiger partial charge < -0.3 is 20.0 Å². The fraction of sp³-hybridized carbons (Fsp3) is 0.516. The van der Waals surface area contributed by atoms with Crippen molar-refractivity contribution in [2.75, 3.05) is 31.5 Å². The van der Waals surface area contributed by atoms with Crippen molar-refractivity contribution in [1.29, 1.82) is 0 Å². The van der Waals surface area contributed by atoms with E-state index in [4.69, 9.17) is 0 Å². The molecule has 3 aliphatic heterocycles. The number of fused-ring (bicyclic) bond motifs is 1. The van der Waals surface area contributed by atoms with E-state index in [2.05, 4.69) is 44.3 Å². The minimum absolute atomic E-state index is 0. The van der Waals surface area contributed by atoms with Crippen LogP contribution in [0.25, 0.3) is 0 Å². The molecule has 2 unspecified atom stereocenters. The number of nitrogens with one attached hydrogen (secondary N) is 1. The molecule has 7 nitrogen and oxygen atoms in total. The number of urea groups is 1. The molecule has 3 heterocycles. The SMILES string of the molecule is Cc1ccccc1C1SC(CC(=O)N2CCC(N3CCc4ccccc4NC3=O)CC2)C(=O)N1CCC(C)C.[HH]. The number of amides is 4. The van der Waals surface area contributed by atoms with Gasteiger partial charge in [0.25, 0.3) is 0 Å². The summed E-state index contributed by atoms with van der Waals surface area (Å²) in [5, 5.41) is 2.65. The van der Waals surface area contributed by atoms with E-state index >= 15 is 0 Å². The number of carbonyl (C=O) groups excluding carboxylic acids is 3. The highest BCUT2D eigenvalue weighted by atomic mass is 32.2. The summed E-state index contributed by atoms with van der Waals surface area (Å²) in [5.41, 5.74) is 4.38. The van der Waals surface area contributed by atoms with Crippen molar-refractivity contribution in [3.63, 3.8) is 0 Å². The lowest BCUT2D eigenvalue weighted by molar-refractivity contribution is -0.136. The summed E-state index contributed by atoms with van der Waals surface area (Å²) in [6.07, 6.45) is 3.51. The zero-order valence-electron chi connectivity index (χ0n) is 23.3. The molecular weight excluding hydrogens is 508 g/mol. The van der Waals surface area contributed by atoms with Crippen LogP contribution in [0.3, 0.4) is 0 Å². The molecule has 0 radical (unpaired) electrons. The van der Waals surface area contributed by atoms with E-state index in [0.717, 1.165) is 42.5 Å². The Bertz CT molecular complexity index is 1220. The van der Waals surface area contributed by atoms with Crippen LogP contribution in [-0.4, -0.2) is 70.0 Å². The van der Waals surface area contributed by atoms with Crippen molar-refractivity contribution < 1.29 is 15.8 Å². The lowest BCUT2D eigenvalue weighted by atomic mass is 10.0. The van der Waals surface area contributed by atoms with Gasteiger partial charge in [-0.2, -0.15) is 0 Å². The van der Waals surface area contributed by atoms with E-state index in [1.165, 1.54) is 5.56 Å². The van der Waals surface area contributed by atoms with E-state index in [-0.39, 0.29) is 42.4 Å². The average Bonchev–Trinajstić information content (AvgIpc) is 3.12. The highest BCUT2D eigenvalue weighted by molar-refractivity contribution is 8.01. The van der Waals surface area contributed by atoms with E-state index in [1.807, 2.05) is 45.0 Å². The first-order valence-electron chi connectivity index (χ1n) is 14.3. The largest absolute Gasteiger partial charge is 0.342 e. The minimum Gasteiger partial charge on any atom is -0.342 e. The van der Waals surface area contributed by atoms with E-state index in [0.29, 0.717) is 32.1 Å². The minimum atomic E-state index is -0.359. The highest BCUT2D eigenvalue weighted by Crippen LogP contribution is 2.45. The third-order valence-corrected chi connectivity index (χ3v) is 9.76. The molecule has 0 aromatic heterocycles. The molecule has 0 bridgehead atoms. The van der Waals surface area contributed by atoms with Crippen LogP contribution >= 0.6 is 11.8 Å². The number of para-hydroxylation sites is 1. The normalized spacial score (nSPS) is 22.2. The summed E-state index contributed by atoms with van der Waals surface area (Å²) in [5.74, 6) is 0.627. The Hall–Kier alpha value is -3.00. The summed E-state index contributed by atoms with van der Waals surface area (Å²) in [7, 11) is 0. The number of nitrogens with zero attached hydrogens (tertiary/aromatic N) is 3. The Balaban J connectivity index is 0.00000370. The molecule has 39 heavy (non-hydrogen) atoms. The molecule has 4 amide bonds. The van der Waals surface area contributed by atoms with Crippen LogP contribution in [0, 0.1) is 12.8 Å². The first-order chi connectivity index (χ1) is 18.8. The molecular formula is C31H42N4O3S. The van der Waals surface area contributed by atoms with Gasteiger partial charge in [-0.3, -0.25) is 9.59 Å². The van der Waals surface area contributed by atoms with Crippen molar-refractivity contribution >= 4 is 35.3 Å². The Kier molecular flexibility index (Phi) is 8.50. The maximum atomic E-state index is 13.5. The van der Waals surface area contributed by atoms with Crippen molar-refractivity contribution in [3.05, 3.63) is 65.2 Å². The molecule has 0 aliphatic carbocycles. The van der Waals surface area contributed by atoms with Gasteiger partial charge >= 0.3 is 6.03 Å². The number of hydrogen-bond donors (Lipinski definition) is 1. The van der Waals surface area contributed by atoms with Crippen LogP contribution in [0.15, 0.2) is 48.5 Å². The number of aryl methyl sites for hydroxylation is 1. The fourth-order valence-electron chi connectivity index (χ4n) is 5.91. The number of likely N-dealkylation sites (tertiary alicyclic amines) is 1. The van der Waals surface area contributed by atoms with Gasteiger partial charge in [0.2, 0.25) is 11.8 Å². The van der Waals surface area contributed by atoms with E-state index < -0.39 is 0 Å². The Morgan fingerprint density at radius 1 is 1.05 bits per heavy atom. The molecule has 2 saturated heterocycles. The van der Waals surface area contributed by atoms with E-state index in [1.54, 1.807) is 11.8 Å². The Morgan fingerprint density at radius 2 is 1.77 bits per heavy atom. The van der Waals surface area contributed by atoms with Crippen LogP contribution in [0.4, 0.5) is 10.5 Å².